The van der Waals surface area contributed by atoms with Crippen molar-refractivity contribution in [1.82, 2.24) is 10.2 Å². The molecule has 1 aliphatic rings. The molecule has 1 saturated heterocycles. The molecule has 0 unspecified atom stereocenters. The van der Waals surface area contributed by atoms with E-state index in [-0.39, 0.29) is 0 Å². The van der Waals surface area contributed by atoms with Crippen molar-refractivity contribution in [3.8, 4) is 0 Å². The first-order chi connectivity index (χ1) is 9.25. The summed E-state index contributed by atoms with van der Waals surface area (Å²) < 4.78 is 1.15. The normalized spacial score (nSPS) is 16.5. The van der Waals surface area contributed by atoms with Crippen molar-refractivity contribution in [3.63, 3.8) is 0 Å². The number of hydrogen-bond acceptors (Lipinski definition) is 3. The van der Waals surface area contributed by atoms with Gasteiger partial charge in [0.2, 0.25) is 0 Å². The highest BCUT2D eigenvalue weighted by atomic mass is 79.9. The molecule has 0 radical (unpaired) electrons. The summed E-state index contributed by atoms with van der Waals surface area (Å²) in [5, 5.41) is 3.40. The quantitative estimate of drug-likeness (QED) is 0.811. The van der Waals surface area contributed by atoms with Crippen LogP contribution in [0.3, 0.4) is 0 Å². The fraction of sp³-hybridized carbons (Fsp3) is 0.600. The minimum Gasteiger partial charge on any atom is -0.375 e. The second kappa shape index (κ2) is 7.88. The Hall–Kier alpha value is -0.580. The minimum atomic E-state index is 1.13. The Morgan fingerprint density at radius 3 is 2.79 bits per heavy atom. The molecule has 3 nitrogen and oxygen atoms in total. The number of unbranched alkanes of at least 4 members (excludes halogenated alkanes) is 1. The van der Waals surface area contributed by atoms with E-state index in [0.717, 1.165) is 24.1 Å². The van der Waals surface area contributed by atoms with Crippen molar-refractivity contribution in [1.29, 1.82) is 0 Å². The molecule has 0 aromatic heterocycles. The van der Waals surface area contributed by atoms with E-state index in [1.807, 2.05) is 0 Å². The molecule has 0 spiro atoms. The Bertz CT molecular complexity index is 377. The van der Waals surface area contributed by atoms with Gasteiger partial charge in [0.25, 0.3) is 0 Å². The van der Waals surface area contributed by atoms with Crippen molar-refractivity contribution in [2.75, 3.05) is 51.2 Å². The fourth-order valence-electron chi connectivity index (χ4n) is 2.46. The summed E-state index contributed by atoms with van der Waals surface area (Å²) >= 11 is 3.53. The van der Waals surface area contributed by atoms with E-state index in [1.54, 1.807) is 0 Å². The summed E-state index contributed by atoms with van der Waals surface area (Å²) in [5.74, 6) is 0. The Kier molecular flexibility index (Phi) is 6.14. The van der Waals surface area contributed by atoms with Crippen LogP contribution in [0.1, 0.15) is 12.8 Å². The molecule has 0 amide bonds. The zero-order valence-corrected chi connectivity index (χ0v) is 13.3. The molecule has 1 aliphatic heterocycles. The van der Waals surface area contributed by atoms with Gasteiger partial charge in [-0.05, 0) is 37.6 Å². The van der Waals surface area contributed by atoms with Crippen molar-refractivity contribution in [2.24, 2.45) is 0 Å². The van der Waals surface area contributed by atoms with Gasteiger partial charge in [0, 0.05) is 49.9 Å². The van der Waals surface area contributed by atoms with Crippen LogP contribution in [-0.4, -0.2) is 51.2 Å². The summed E-state index contributed by atoms with van der Waals surface area (Å²) in [6.07, 6.45) is 2.55. The summed E-state index contributed by atoms with van der Waals surface area (Å²) in [6.45, 7) is 7.09. The van der Waals surface area contributed by atoms with Gasteiger partial charge in [0.15, 0.2) is 0 Å². The van der Waals surface area contributed by atoms with Gasteiger partial charge in [0.05, 0.1) is 0 Å². The molecule has 1 heterocycles. The Morgan fingerprint density at radius 1 is 1.26 bits per heavy atom. The molecule has 2 rings (SSSR count). The highest BCUT2D eigenvalue weighted by Crippen LogP contribution is 2.19. The zero-order chi connectivity index (χ0) is 13.5. The molecule has 1 aromatic rings. The monoisotopic (exact) mass is 325 g/mol. The minimum absolute atomic E-state index is 1.13. The van der Waals surface area contributed by atoms with E-state index in [0.29, 0.717) is 0 Å². The topological polar surface area (TPSA) is 18.5 Å². The van der Waals surface area contributed by atoms with Gasteiger partial charge in [-0.2, -0.15) is 0 Å². The lowest BCUT2D eigenvalue weighted by atomic mass is 10.2. The van der Waals surface area contributed by atoms with E-state index in [9.17, 15) is 0 Å². The van der Waals surface area contributed by atoms with Crippen molar-refractivity contribution < 1.29 is 0 Å². The number of rotatable bonds is 6. The van der Waals surface area contributed by atoms with Gasteiger partial charge in [-0.1, -0.05) is 22.0 Å². The van der Waals surface area contributed by atoms with Gasteiger partial charge >= 0.3 is 0 Å². The lowest BCUT2D eigenvalue weighted by molar-refractivity contribution is 0.237. The Morgan fingerprint density at radius 2 is 2.05 bits per heavy atom. The van der Waals surface area contributed by atoms with Gasteiger partial charge in [-0.25, -0.2) is 0 Å². The number of hydrogen-bond donors (Lipinski definition) is 1. The van der Waals surface area contributed by atoms with Crippen LogP contribution < -0.4 is 10.2 Å². The zero-order valence-electron chi connectivity index (χ0n) is 11.7. The summed E-state index contributed by atoms with van der Waals surface area (Å²) in [6, 6.07) is 8.51. The third-order valence-electron chi connectivity index (χ3n) is 3.68. The van der Waals surface area contributed by atoms with Crippen LogP contribution in [-0.2, 0) is 0 Å². The van der Waals surface area contributed by atoms with Crippen LogP contribution in [0.15, 0.2) is 28.7 Å². The molecule has 106 valence electrons. The number of anilines is 1. The van der Waals surface area contributed by atoms with Gasteiger partial charge in [0.1, 0.15) is 0 Å². The molecule has 1 aromatic carbocycles. The highest BCUT2D eigenvalue weighted by Gasteiger charge is 2.08. The molecule has 1 N–H and O–H groups in total. The smallest absolute Gasteiger partial charge is 0.0374 e. The van der Waals surface area contributed by atoms with Crippen LogP contribution in [0.4, 0.5) is 5.69 Å². The van der Waals surface area contributed by atoms with Crippen molar-refractivity contribution in [3.05, 3.63) is 28.7 Å². The maximum atomic E-state index is 3.53. The van der Waals surface area contributed by atoms with Gasteiger partial charge in [-0.3, -0.25) is 0 Å². The van der Waals surface area contributed by atoms with Crippen molar-refractivity contribution >= 4 is 21.6 Å². The average molecular weight is 326 g/mol. The molecular weight excluding hydrogens is 302 g/mol. The molecule has 0 aliphatic carbocycles. The Labute approximate surface area is 125 Å². The maximum absolute atomic E-state index is 3.53. The highest BCUT2D eigenvalue weighted by molar-refractivity contribution is 9.10. The van der Waals surface area contributed by atoms with E-state index >= 15 is 0 Å². The van der Waals surface area contributed by atoms with Crippen molar-refractivity contribution in [2.45, 2.75) is 12.8 Å². The second-order valence-corrected chi connectivity index (χ2v) is 6.12. The lowest BCUT2D eigenvalue weighted by Crippen LogP contribution is -2.43. The molecule has 0 atom stereocenters. The number of halogens is 1. The second-order valence-electron chi connectivity index (χ2n) is 5.20. The lowest BCUT2D eigenvalue weighted by Gasteiger charge is -2.27. The fourth-order valence-corrected chi connectivity index (χ4v) is 2.85. The average Bonchev–Trinajstić information content (AvgIpc) is 2.44. The van der Waals surface area contributed by atoms with Crippen LogP contribution in [0.5, 0.6) is 0 Å². The first-order valence-corrected chi connectivity index (χ1v) is 7.95. The third kappa shape index (κ3) is 5.13. The third-order valence-corrected chi connectivity index (χ3v) is 4.17. The molecule has 4 heteroatoms. The number of nitrogens with one attached hydrogen (secondary N) is 1. The van der Waals surface area contributed by atoms with E-state index in [4.69, 9.17) is 0 Å². The summed E-state index contributed by atoms with van der Waals surface area (Å²) in [5.41, 5.74) is 1.29. The van der Waals surface area contributed by atoms with Gasteiger partial charge in [-0.15, -0.1) is 0 Å². The van der Waals surface area contributed by atoms with E-state index in [2.05, 4.69) is 62.4 Å². The van der Waals surface area contributed by atoms with E-state index in [1.165, 1.54) is 38.2 Å². The van der Waals surface area contributed by atoms with Crippen LogP contribution in [0.25, 0.3) is 0 Å². The predicted octanol–water partition coefficient (Wildman–Crippen LogP) is 2.57. The molecule has 19 heavy (non-hydrogen) atoms. The van der Waals surface area contributed by atoms with Gasteiger partial charge < -0.3 is 15.1 Å². The van der Waals surface area contributed by atoms with Crippen LogP contribution in [0, 0.1) is 0 Å². The number of nitrogens with zero attached hydrogens (tertiary/aromatic N) is 2. The summed E-state index contributed by atoms with van der Waals surface area (Å²) in [4.78, 5) is 4.90. The largest absolute Gasteiger partial charge is 0.375 e. The van der Waals surface area contributed by atoms with Crippen LogP contribution >= 0.6 is 15.9 Å². The molecule has 1 fully saturated rings. The maximum Gasteiger partial charge on any atom is 0.0374 e. The first-order valence-electron chi connectivity index (χ1n) is 7.15. The van der Waals surface area contributed by atoms with Crippen LogP contribution in [0.2, 0.25) is 0 Å². The number of benzene rings is 1. The summed E-state index contributed by atoms with van der Waals surface area (Å²) in [7, 11) is 2.17. The Balaban J connectivity index is 1.64. The number of piperazine rings is 1. The predicted molar refractivity (Wildman–Crippen MR) is 86.0 cm³/mol. The first kappa shape index (κ1) is 14.8. The molecule has 0 saturated carbocycles. The molecule has 0 bridgehead atoms. The standard InChI is InChI=1S/C15H24BrN3/c1-18(15-6-4-5-14(16)13-15)9-2-3-10-19-11-7-17-8-12-19/h4-6,13,17H,2-3,7-12H2,1H3. The SMILES string of the molecule is CN(CCCCN1CCNCC1)c1cccc(Br)c1. The molecular formula is C15H24BrN3. The van der Waals surface area contributed by atoms with E-state index < -0.39 is 0 Å².